The third kappa shape index (κ3) is 6.19. The van der Waals surface area contributed by atoms with E-state index in [9.17, 15) is 9.18 Å². The van der Waals surface area contributed by atoms with E-state index in [1.165, 1.54) is 12.3 Å². The molecule has 1 aliphatic heterocycles. The second-order valence-corrected chi connectivity index (χ2v) is 8.80. The topological polar surface area (TPSA) is 85.4 Å². The van der Waals surface area contributed by atoms with Gasteiger partial charge in [-0.3, -0.25) is 4.79 Å². The second-order valence-electron chi connectivity index (χ2n) is 7.98. The average molecular weight is 516 g/mol. The fraction of sp³-hybridized carbons (Fsp3) is 0.208. The van der Waals surface area contributed by atoms with E-state index in [4.69, 9.17) is 23.2 Å². The first-order valence-electron chi connectivity index (χ1n) is 10.8. The first-order valence-corrected chi connectivity index (χ1v) is 11.6. The zero-order chi connectivity index (χ0) is 24.9. The summed E-state index contributed by atoms with van der Waals surface area (Å²) in [5, 5.41) is 9.31. The van der Waals surface area contributed by atoms with Gasteiger partial charge in [-0.2, -0.15) is 4.98 Å². The Morgan fingerprint density at radius 1 is 1.06 bits per heavy atom. The van der Waals surface area contributed by atoms with Crippen molar-refractivity contribution in [2.45, 2.75) is 0 Å². The standard InChI is InChI=1S/C24H24Cl2FN7O/c1-3-22(35)31-20-6-4-15(12-17(20)25)29-23-18(26)14-28-24(32-23)30-16-5-7-21(19(27)13-16)34-10-8-33(2)9-11-34/h3-7,12-14H,1,8-11H2,2H3,(H,31,35)(H2,28,29,30,32). The molecule has 2 aromatic carbocycles. The Morgan fingerprint density at radius 2 is 1.77 bits per heavy atom. The van der Waals surface area contributed by atoms with E-state index in [0.717, 1.165) is 32.3 Å². The van der Waals surface area contributed by atoms with Crippen LogP contribution in [0, 0.1) is 5.82 Å². The molecule has 8 nitrogen and oxygen atoms in total. The van der Waals surface area contributed by atoms with Gasteiger partial charge in [0, 0.05) is 37.6 Å². The van der Waals surface area contributed by atoms with Crippen molar-refractivity contribution in [2.75, 3.05) is 54.1 Å². The maximum absolute atomic E-state index is 14.8. The molecule has 0 radical (unpaired) electrons. The van der Waals surface area contributed by atoms with Crippen LogP contribution in [0.1, 0.15) is 0 Å². The van der Waals surface area contributed by atoms with Crippen molar-refractivity contribution in [2.24, 2.45) is 0 Å². The van der Waals surface area contributed by atoms with Crippen molar-refractivity contribution in [1.82, 2.24) is 14.9 Å². The molecule has 0 spiro atoms. The third-order valence-corrected chi connectivity index (χ3v) is 6.06. The zero-order valence-corrected chi connectivity index (χ0v) is 20.5. The van der Waals surface area contributed by atoms with Gasteiger partial charge in [-0.05, 0) is 49.5 Å². The van der Waals surface area contributed by atoms with E-state index in [1.54, 1.807) is 30.3 Å². The van der Waals surface area contributed by atoms with Gasteiger partial charge in [0.25, 0.3) is 0 Å². The van der Waals surface area contributed by atoms with Crippen LogP contribution in [-0.4, -0.2) is 54.0 Å². The fourth-order valence-electron chi connectivity index (χ4n) is 3.55. The Bertz CT molecular complexity index is 1250. The minimum Gasteiger partial charge on any atom is -0.367 e. The fourth-order valence-corrected chi connectivity index (χ4v) is 3.91. The molecular weight excluding hydrogens is 492 g/mol. The summed E-state index contributed by atoms with van der Waals surface area (Å²) in [6.07, 6.45) is 2.60. The van der Waals surface area contributed by atoms with E-state index >= 15 is 0 Å². The van der Waals surface area contributed by atoms with Crippen LogP contribution in [0.2, 0.25) is 10.0 Å². The van der Waals surface area contributed by atoms with E-state index < -0.39 is 0 Å². The number of piperazine rings is 1. The van der Waals surface area contributed by atoms with Gasteiger partial charge in [0.05, 0.1) is 22.6 Å². The van der Waals surface area contributed by atoms with Gasteiger partial charge in [0.2, 0.25) is 11.9 Å². The van der Waals surface area contributed by atoms with Crippen LogP contribution in [0.25, 0.3) is 0 Å². The number of amides is 1. The Balaban J connectivity index is 1.47. The molecule has 0 aliphatic carbocycles. The molecule has 3 aromatic rings. The normalized spacial score (nSPS) is 13.9. The van der Waals surface area contributed by atoms with Crippen LogP contribution in [-0.2, 0) is 4.79 Å². The molecule has 1 saturated heterocycles. The first-order chi connectivity index (χ1) is 16.8. The van der Waals surface area contributed by atoms with Crippen molar-refractivity contribution in [3.05, 3.63) is 71.1 Å². The maximum Gasteiger partial charge on any atom is 0.247 e. The third-order valence-electron chi connectivity index (χ3n) is 5.47. The smallest absolute Gasteiger partial charge is 0.247 e. The van der Waals surface area contributed by atoms with Gasteiger partial charge in [0.15, 0.2) is 5.82 Å². The van der Waals surface area contributed by atoms with Crippen molar-refractivity contribution < 1.29 is 9.18 Å². The number of aromatic nitrogens is 2. The molecule has 11 heteroatoms. The molecule has 1 aliphatic rings. The Kier molecular flexibility index (Phi) is 7.70. The number of likely N-dealkylation sites (N-methyl/N-ethyl adjacent to an activating group) is 1. The van der Waals surface area contributed by atoms with Gasteiger partial charge in [-0.15, -0.1) is 0 Å². The van der Waals surface area contributed by atoms with E-state index in [2.05, 4.69) is 44.4 Å². The monoisotopic (exact) mass is 515 g/mol. The highest BCUT2D eigenvalue weighted by Gasteiger charge is 2.18. The first kappa shape index (κ1) is 24.7. The Morgan fingerprint density at radius 3 is 2.46 bits per heavy atom. The van der Waals surface area contributed by atoms with Gasteiger partial charge in [0.1, 0.15) is 10.8 Å². The van der Waals surface area contributed by atoms with Crippen LogP contribution >= 0.6 is 23.2 Å². The molecule has 3 N–H and O–H groups in total. The molecule has 2 heterocycles. The number of anilines is 6. The largest absolute Gasteiger partial charge is 0.367 e. The Labute approximate surface area is 212 Å². The lowest BCUT2D eigenvalue weighted by Crippen LogP contribution is -2.44. The molecule has 0 bridgehead atoms. The summed E-state index contributed by atoms with van der Waals surface area (Å²) < 4.78 is 14.8. The number of hydrogen-bond donors (Lipinski definition) is 3. The second kappa shape index (κ2) is 10.9. The number of rotatable bonds is 7. The Hall–Kier alpha value is -3.40. The molecule has 1 fully saturated rings. The van der Waals surface area contributed by atoms with Gasteiger partial charge < -0.3 is 25.8 Å². The number of carbonyl (C=O) groups is 1. The number of carbonyl (C=O) groups excluding carboxylic acids is 1. The molecule has 182 valence electrons. The van der Waals surface area contributed by atoms with Gasteiger partial charge >= 0.3 is 0 Å². The van der Waals surface area contributed by atoms with Crippen LogP contribution < -0.4 is 20.9 Å². The highest BCUT2D eigenvalue weighted by molar-refractivity contribution is 6.34. The van der Waals surface area contributed by atoms with E-state index in [0.29, 0.717) is 33.6 Å². The van der Waals surface area contributed by atoms with Crippen molar-refractivity contribution >= 4 is 63.6 Å². The lowest BCUT2D eigenvalue weighted by atomic mass is 10.2. The van der Waals surface area contributed by atoms with Crippen LogP contribution in [0.5, 0.6) is 0 Å². The van der Waals surface area contributed by atoms with Crippen molar-refractivity contribution in [3.63, 3.8) is 0 Å². The van der Waals surface area contributed by atoms with E-state index in [-0.39, 0.29) is 22.7 Å². The molecule has 35 heavy (non-hydrogen) atoms. The average Bonchev–Trinajstić information content (AvgIpc) is 2.84. The molecule has 0 saturated carbocycles. The number of hydrogen-bond acceptors (Lipinski definition) is 7. The van der Waals surface area contributed by atoms with Crippen LogP contribution in [0.15, 0.2) is 55.3 Å². The van der Waals surface area contributed by atoms with Gasteiger partial charge in [-0.25, -0.2) is 9.37 Å². The molecule has 1 aromatic heterocycles. The summed E-state index contributed by atoms with van der Waals surface area (Å²) in [6, 6.07) is 9.95. The quantitative estimate of drug-likeness (QED) is 0.368. The number of nitrogens with zero attached hydrogens (tertiary/aromatic N) is 4. The van der Waals surface area contributed by atoms with Gasteiger partial charge in [-0.1, -0.05) is 29.8 Å². The van der Waals surface area contributed by atoms with E-state index in [1.807, 2.05) is 4.90 Å². The van der Waals surface area contributed by atoms with Crippen LogP contribution in [0.4, 0.5) is 38.9 Å². The van der Waals surface area contributed by atoms with Crippen molar-refractivity contribution in [1.29, 1.82) is 0 Å². The maximum atomic E-state index is 14.8. The summed E-state index contributed by atoms with van der Waals surface area (Å²) in [6.45, 7) is 6.76. The highest BCUT2D eigenvalue weighted by atomic mass is 35.5. The minimum absolute atomic E-state index is 0.240. The molecule has 0 unspecified atom stereocenters. The van der Waals surface area contributed by atoms with Crippen molar-refractivity contribution in [3.8, 4) is 0 Å². The molecule has 4 rings (SSSR count). The minimum atomic E-state index is -0.366. The zero-order valence-electron chi connectivity index (χ0n) is 19.0. The summed E-state index contributed by atoms with van der Waals surface area (Å²) in [5.74, 6) is -0.109. The number of halogens is 3. The number of nitrogens with one attached hydrogen (secondary N) is 3. The predicted molar refractivity (Wildman–Crippen MR) is 140 cm³/mol. The summed E-state index contributed by atoms with van der Waals surface area (Å²) in [5.41, 5.74) is 2.13. The predicted octanol–water partition coefficient (Wildman–Crippen LogP) is 5.29. The lowest BCUT2D eigenvalue weighted by molar-refractivity contribution is -0.111. The molecular formula is C24H24Cl2FN7O. The van der Waals surface area contributed by atoms with Crippen LogP contribution in [0.3, 0.4) is 0 Å². The molecule has 0 atom stereocenters. The lowest BCUT2D eigenvalue weighted by Gasteiger charge is -2.34. The highest BCUT2D eigenvalue weighted by Crippen LogP contribution is 2.30. The number of benzene rings is 2. The molecule has 1 amide bonds. The summed E-state index contributed by atoms with van der Waals surface area (Å²) in [7, 11) is 2.06. The summed E-state index contributed by atoms with van der Waals surface area (Å²) in [4.78, 5) is 24.3. The summed E-state index contributed by atoms with van der Waals surface area (Å²) >= 11 is 12.5. The SMILES string of the molecule is C=CC(=O)Nc1ccc(Nc2nc(Nc3ccc(N4CCN(C)CC4)c(F)c3)ncc2Cl)cc1Cl.